The molecule has 0 aromatic rings. The Labute approximate surface area is 409 Å². The van der Waals surface area contributed by atoms with Crippen LogP contribution < -0.4 is 5.32 Å². The summed E-state index contributed by atoms with van der Waals surface area (Å²) in [6.07, 6.45) is 33.1. The van der Waals surface area contributed by atoms with Crippen molar-refractivity contribution in [3.8, 4) is 0 Å². The number of aliphatic hydroxyl groups is 8. The zero-order chi connectivity index (χ0) is 49.6. The summed E-state index contributed by atoms with van der Waals surface area (Å²) in [6.45, 7) is 2.62. The predicted molar refractivity (Wildman–Crippen MR) is 267 cm³/mol. The van der Waals surface area contributed by atoms with E-state index in [0.29, 0.717) is 12.8 Å². The van der Waals surface area contributed by atoms with Crippen LogP contribution in [0, 0.1) is 0 Å². The zero-order valence-electron chi connectivity index (χ0n) is 41.8. The summed E-state index contributed by atoms with van der Waals surface area (Å²) >= 11 is 0. The molecule has 68 heavy (non-hydrogen) atoms. The third-order valence-corrected chi connectivity index (χ3v) is 12.7. The Balaban J connectivity index is 1.67. The first-order valence-corrected chi connectivity index (χ1v) is 26.5. The molecule has 9 N–H and O–H groups in total. The quantitative estimate of drug-likeness (QED) is 0.0215. The lowest BCUT2D eigenvalue weighted by Crippen LogP contribution is -2.65. The second-order valence-electron chi connectivity index (χ2n) is 18.6. The summed E-state index contributed by atoms with van der Waals surface area (Å²) in [6, 6.07) is -0.931. The zero-order valence-corrected chi connectivity index (χ0v) is 41.8. The fourth-order valence-electron chi connectivity index (χ4n) is 8.32. The third kappa shape index (κ3) is 26.8. The first kappa shape index (κ1) is 61.8. The Morgan fingerprint density at radius 2 is 1.01 bits per heavy atom. The molecule has 2 heterocycles. The summed E-state index contributed by atoms with van der Waals surface area (Å²) in [5.74, 6) is -0.259. The summed E-state index contributed by atoms with van der Waals surface area (Å²) in [7, 11) is 0. The van der Waals surface area contributed by atoms with Crippen molar-refractivity contribution in [3.63, 3.8) is 0 Å². The van der Waals surface area contributed by atoms with E-state index in [4.69, 9.17) is 18.9 Å². The van der Waals surface area contributed by atoms with Gasteiger partial charge in [0.05, 0.1) is 32.0 Å². The molecule has 394 valence electrons. The molecular formula is C54H95NO13. The lowest BCUT2D eigenvalue weighted by molar-refractivity contribution is -0.359. The van der Waals surface area contributed by atoms with Crippen LogP contribution in [0.5, 0.6) is 0 Å². The van der Waals surface area contributed by atoms with Gasteiger partial charge in [-0.15, -0.1) is 0 Å². The molecule has 14 nitrogen and oxygen atoms in total. The largest absolute Gasteiger partial charge is 0.394 e. The number of carbonyl (C=O) groups is 1. The van der Waals surface area contributed by atoms with E-state index in [1.165, 1.54) is 96.3 Å². The molecule has 12 unspecified atom stereocenters. The van der Waals surface area contributed by atoms with Crippen molar-refractivity contribution in [1.82, 2.24) is 5.32 Å². The highest BCUT2D eigenvalue weighted by atomic mass is 16.7. The van der Waals surface area contributed by atoms with Crippen LogP contribution in [0.2, 0.25) is 0 Å². The van der Waals surface area contributed by atoms with Crippen molar-refractivity contribution in [3.05, 3.63) is 60.8 Å². The van der Waals surface area contributed by atoms with Crippen molar-refractivity contribution >= 4 is 5.91 Å². The molecule has 2 aliphatic heterocycles. The topological polar surface area (TPSA) is 228 Å². The molecule has 0 aliphatic carbocycles. The summed E-state index contributed by atoms with van der Waals surface area (Å²) < 4.78 is 22.6. The minimum absolute atomic E-state index is 0.259. The van der Waals surface area contributed by atoms with E-state index >= 15 is 0 Å². The predicted octanol–water partition coefficient (Wildman–Crippen LogP) is 7.44. The maximum Gasteiger partial charge on any atom is 0.220 e. The van der Waals surface area contributed by atoms with Crippen molar-refractivity contribution in [2.24, 2.45) is 0 Å². The van der Waals surface area contributed by atoms with Crippen LogP contribution in [0.1, 0.15) is 181 Å². The van der Waals surface area contributed by atoms with E-state index in [0.717, 1.165) is 51.4 Å². The van der Waals surface area contributed by atoms with Crippen molar-refractivity contribution < 1.29 is 64.6 Å². The highest BCUT2D eigenvalue weighted by Gasteiger charge is 2.51. The highest BCUT2D eigenvalue weighted by molar-refractivity contribution is 5.76. The maximum atomic E-state index is 13.1. The van der Waals surface area contributed by atoms with Crippen LogP contribution in [0.25, 0.3) is 0 Å². The highest BCUT2D eigenvalue weighted by Crippen LogP contribution is 2.30. The number of carbonyl (C=O) groups excluding carboxylic acids is 1. The average molecular weight is 966 g/mol. The van der Waals surface area contributed by atoms with Gasteiger partial charge in [0.25, 0.3) is 0 Å². The summed E-state index contributed by atoms with van der Waals surface area (Å²) in [4.78, 5) is 13.1. The van der Waals surface area contributed by atoms with Gasteiger partial charge in [0.15, 0.2) is 12.6 Å². The van der Waals surface area contributed by atoms with Crippen LogP contribution in [0.4, 0.5) is 0 Å². The molecule has 0 radical (unpaired) electrons. The second kappa shape index (κ2) is 40.3. The minimum atomic E-state index is -1.79. The number of allylic oxidation sites excluding steroid dienone is 9. The molecule has 0 aromatic heterocycles. The van der Waals surface area contributed by atoms with Gasteiger partial charge in [-0.3, -0.25) is 4.79 Å². The van der Waals surface area contributed by atoms with Crippen molar-refractivity contribution in [2.75, 3.05) is 19.8 Å². The number of rotatable bonds is 40. The summed E-state index contributed by atoms with van der Waals surface area (Å²) in [5, 5.41) is 86.4. The van der Waals surface area contributed by atoms with E-state index < -0.39 is 86.8 Å². The van der Waals surface area contributed by atoms with E-state index in [1.807, 2.05) is 6.08 Å². The third-order valence-electron chi connectivity index (χ3n) is 12.7. The normalized spacial score (nSPS) is 26.9. The van der Waals surface area contributed by atoms with E-state index in [2.05, 4.69) is 67.8 Å². The number of hydrogen-bond donors (Lipinski definition) is 9. The van der Waals surface area contributed by atoms with Gasteiger partial charge in [0, 0.05) is 6.42 Å². The van der Waals surface area contributed by atoms with Crippen LogP contribution in [0.3, 0.4) is 0 Å². The van der Waals surface area contributed by atoms with Crippen LogP contribution >= 0.6 is 0 Å². The molecular weight excluding hydrogens is 871 g/mol. The Kier molecular flexibility index (Phi) is 36.6. The van der Waals surface area contributed by atoms with Gasteiger partial charge in [-0.2, -0.15) is 0 Å². The molecule has 14 heteroatoms. The minimum Gasteiger partial charge on any atom is -0.394 e. The van der Waals surface area contributed by atoms with Gasteiger partial charge in [0.2, 0.25) is 5.91 Å². The molecule has 12 atom stereocenters. The number of aliphatic hydroxyl groups excluding tert-OH is 8. The number of hydrogen-bond acceptors (Lipinski definition) is 13. The number of amides is 1. The number of unbranched alkanes of at least 4 members (excludes halogenated alkanes) is 19. The molecule has 0 spiro atoms. The molecule has 2 fully saturated rings. The van der Waals surface area contributed by atoms with Gasteiger partial charge < -0.3 is 65.1 Å². The van der Waals surface area contributed by atoms with Crippen LogP contribution in [-0.4, -0.2) is 140 Å². The fraction of sp³-hybridized carbons (Fsp3) is 0.796. The summed E-state index contributed by atoms with van der Waals surface area (Å²) in [5.41, 5.74) is 0. The molecule has 1 amide bonds. The van der Waals surface area contributed by atoms with E-state index in [1.54, 1.807) is 6.08 Å². The molecule has 0 saturated carbocycles. The average Bonchev–Trinajstić information content (AvgIpc) is 3.34. The Hall–Kier alpha value is -2.31. The van der Waals surface area contributed by atoms with Gasteiger partial charge in [-0.1, -0.05) is 171 Å². The van der Waals surface area contributed by atoms with Gasteiger partial charge in [-0.05, 0) is 64.2 Å². The standard InChI is InChI=1S/C54H95NO13/c1-3-5-7-9-11-12-13-14-15-16-17-18-19-20-21-22-23-24-25-26-27-28-29-30-32-34-36-38-46(59)55-42(43(58)37-35-33-31-10-8-6-4-2)41-65-53-51(64)49(62)52(45(40-57)67-53)68-54-50(63)48(61)47(60)44(39-56)66-54/h8,10,13-14,16-17,19-20,35,37,42-45,47-54,56-58,60-64H,3-7,9,11-12,15,18,21-34,36,38-41H2,1-2H3,(H,55,59)/b10-8+,14-13-,17-16-,20-19-,37-35+. The van der Waals surface area contributed by atoms with Crippen molar-refractivity contribution in [1.29, 1.82) is 0 Å². The maximum absolute atomic E-state index is 13.1. The Morgan fingerprint density at radius 3 is 1.59 bits per heavy atom. The molecule has 0 aromatic carbocycles. The molecule has 0 bridgehead atoms. The number of nitrogens with one attached hydrogen (secondary N) is 1. The molecule has 2 saturated heterocycles. The second-order valence-corrected chi connectivity index (χ2v) is 18.6. The Bertz CT molecular complexity index is 1370. The number of ether oxygens (including phenoxy) is 4. The first-order chi connectivity index (χ1) is 33.1. The SMILES string of the molecule is CCC/C=C/CC/C=C/C(O)C(COC1OC(CO)C(OC2OC(CO)C(O)C(O)C2O)C(O)C1O)NC(=O)CCCCCCCCCCCCCC/C=C\C/C=C\C/C=C\CCCCCCC. The van der Waals surface area contributed by atoms with Gasteiger partial charge in [0.1, 0.15) is 48.8 Å². The lowest BCUT2D eigenvalue weighted by atomic mass is 9.97. The first-order valence-electron chi connectivity index (χ1n) is 26.5. The van der Waals surface area contributed by atoms with Crippen LogP contribution in [0.15, 0.2) is 60.8 Å². The monoisotopic (exact) mass is 966 g/mol. The van der Waals surface area contributed by atoms with E-state index in [9.17, 15) is 45.6 Å². The van der Waals surface area contributed by atoms with Crippen molar-refractivity contribution in [2.45, 2.75) is 254 Å². The smallest absolute Gasteiger partial charge is 0.220 e. The van der Waals surface area contributed by atoms with Crippen LogP contribution in [-0.2, 0) is 23.7 Å². The molecule has 2 rings (SSSR count). The Morgan fingerprint density at radius 1 is 0.529 bits per heavy atom. The van der Waals surface area contributed by atoms with Gasteiger partial charge >= 0.3 is 0 Å². The van der Waals surface area contributed by atoms with Gasteiger partial charge in [-0.25, -0.2) is 0 Å². The fourth-order valence-corrected chi connectivity index (χ4v) is 8.32. The molecule has 2 aliphatic rings. The van der Waals surface area contributed by atoms with E-state index in [-0.39, 0.29) is 18.9 Å². The lowest BCUT2D eigenvalue weighted by Gasteiger charge is -2.46.